The number of nitrogens with zero attached hydrogens (tertiary/aromatic N) is 1. The zero-order valence-electron chi connectivity index (χ0n) is 17.2. The number of benzene rings is 1. The summed E-state index contributed by atoms with van der Waals surface area (Å²) in [4.78, 5) is 14.4. The van der Waals surface area contributed by atoms with Crippen LogP contribution in [0.4, 0.5) is 4.79 Å². The van der Waals surface area contributed by atoms with Crippen molar-refractivity contribution >= 4 is 6.09 Å². The van der Waals surface area contributed by atoms with Crippen LogP contribution in [0.15, 0.2) is 36.9 Å². The first-order chi connectivity index (χ1) is 12.6. The summed E-state index contributed by atoms with van der Waals surface area (Å²) in [7, 11) is 1.63. The zero-order valence-corrected chi connectivity index (χ0v) is 17.2. The van der Waals surface area contributed by atoms with Crippen LogP contribution in [0.1, 0.15) is 40.2 Å². The van der Waals surface area contributed by atoms with Gasteiger partial charge in [0.1, 0.15) is 17.1 Å². The second-order valence-electron chi connectivity index (χ2n) is 8.03. The molecule has 1 aliphatic heterocycles. The number of hydrogen-bond acceptors (Lipinski definition) is 5. The Kier molecular flexibility index (Phi) is 6.54. The van der Waals surface area contributed by atoms with Crippen molar-refractivity contribution in [3.63, 3.8) is 0 Å². The molecule has 0 bridgehead atoms. The van der Waals surface area contributed by atoms with Crippen LogP contribution in [0.2, 0.25) is 0 Å². The summed E-state index contributed by atoms with van der Waals surface area (Å²) in [5.41, 5.74) is -0.365. The predicted octanol–water partition coefficient (Wildman–Crippen LogP) is 4.14. The van der Waals surface area contributed by atoms with Crippen LogP contribution in [0.5, 0.6) is 5.75 Å². The average Bonchev–Trinajstić information content (AvgIpc) is 2.90. The normalized spacial score (nSPS) is 20.2. The fourth-order valence-corrected chi connectivity index (χ4v) is 2.99. The zero-order chi connectivity index (χ0) is 20.2. The van der Waals surface area contributed by atoms with E-state index in [1.54, 1.807) is 18.1 Å². The summed E-state index contributed by atoms with van der Waals surface area (Å²) in [6.07, 6.45) is 0.896. The van der Waals surface area contributed by atoms with Gasteiger partial charge in [-0.1, -0.05) is 18.2 Å². The molecule has 0 aromatic heterocycles. The van der Waals surface area contributed by atoms with Gasteiger partial charge in [-0.15, -0.1) is 6.58 Å². The van der Waals surface area contributed by atoms with Crippen LogP contribution in [0.25, 0.3) is 0 Å². The van der Waals surface area contributed by atoms with Crippen LogP contribution in [-0.4, -0.2) is 48.2 Å². The summed E-state index contributed by atoms with van der Waals surface area (Å²) in [6, 6.07) is 7.34. The molecule has 0 N–H and O–H groups in total. The van der Waals surface area contributed by atoms with Gasteiger partial charge in [-0.3, -0.25) is 4.90 Å². The van der Waals surface area contributed by atoms with E-state index in [1.807, 2.05) is 58.9 Å². The van der Waals surface area contributed by atoms with Gasteiger partial charge in [-0.25, -0.2) is 4.79 Å². The molecule has 2 rings (SSSR count). The maximum absolute atomic E-state index is 12.8. The summed E-state index contributed by atoms with van der Waals surface area (Å²) in [5, 5.41) is 0. The predicted molar refractivity (Wildman–Crippen MR) is 104 cm³/mol. The Balaban J connectivity index is 2.10. The molecule has 0 unspecified atom stereocenters. The van der Waals surface area contributed by atoms with E-state index in [4.69, 9.17) is 18.9 Å². The van der Waals surface area contributed by atoms with E-state index in [1.165, 1.54) is 0 Å². The minimum Gasteiger partial charge on any atom is -0.497 e. The van der Waals surface area contributed by atoms with Crippen LogP contribution in [0.3, 0.4) is 0 Å². The lowest BCUT2D eigenvalue weighted by Crippen LogP contribution is -2.53. The molecule has 1 fully saturated rings. The Hall–Kier alpha value is -2.05. The molecular weight excluding hydrogens is 346 g/mol. The fourth-order valence-electron chi connectivity index (χ4n) is 2.99. The van der Waals surface area contributed by atoms with Gasteiger partial charge in [0.2, 0.25) is 0 Å². The molecule has 27 heavy (non-hydrogen) atoms. The van der Waals surface area contributed by atoms with Crippen molar-refractivity contribution in [3.05, 3.63) is 42.5 Å². The first-order valence-electron chi connectivity index (χ1n) is 9.11. The molecule has 1 aromatic carbocycles. The van der Waals surface area contributed by atoms with Gasteiger partial charge in [0.25, 0.3) is 0 Å². The summed E-state index contributed by atoms with van der Waals surface area (Å²) >= 11 is 0. The molecule has 0 radical (unpaired) electrons. The minimum absolute atomic E-state index is 0.314. The lowest BCUT2D eigenvalue weighted by molar-refractivity contribution is -0.0698. The van der Waals surface area contributed by atoms with Crippen LogP contribution < -0.4 is 4.74 Å². The number of hydrogen-bond donors (Lipinski definition) is 0. The quantitative estimate of drug-likeness (QED) is 0.698. The van der Waals surface area contributed by atoms with E-state index in [0.29, 0.717) is 13.2 Å². The number of rotatable bonds is 6. The molecule has 2 atom stereocenters. The summed E-state index contributed by atoms with van der Waals surface area (Å²) < 4.78 is 22.6. The van der Waals surface area contributed by atoms with Gasteiger partial charge in [-0.05, 0) is 52.3 Å². The molecule has 1 aromatic rings. The third-order valence-electron chi connectivity index (χ3n) is 4.32. The largest absolute Gasteiger partial charge is 0.497 e. The molecule has 6 nitrogen and oxygen atoms in total. The molecule has 1 saturated heterocycles. The number of carbonyl (C=O) groups excluding carboxylic acids is 1. The Bertz CT molecular complexity index is 648. The average molecular weight is 377 g/mol. The van der Waals surface area contributed by atoms with E-state index in [2.05, 4.69) is 6.58 Å². The first kappa shape index (κ1) is 21.3. The number of amides is 1. The Morgan fingerprint density at radius 2 is 2.00 bits per heavy atom. The Morgan fingerprint density at radius 3 is 2.52 bits per heavy atom. The number of carbonyl (C=O) groups is 1. The van der Waals surface area contributed by atoms with Crippen LogP contribution in [0, 0.1) is 0 Å². The van der Waals surface area contributed by atoms with E-state index >= 15 is 0 Å². The lowest BCUT2D eigenvalue weighted by Gasteiger charge is -2.37. The van der Waals surface area contributed by atoms with E-state index in [-0.39, 0.29) is 12.1 Å². The monoisotopic (exact) mass is 377 g/mol. The first-order valence-corrected chi connectivity index (χ1v) is 9.11. The standard InChI is InChI=1S/C21H31NO5/c1-8-18(25-13-15-9-11-16(24-7)12-10-15)17-14-26-21(5,6)22(17)19(23)27-20(2,3)4/h8-12,17-18H,1,13-14H2,2-7H3/t17-,18+/m0/s1. The van der Waals surface area contributed by atoms with Crippen LogP contribution in [-0.2, 0) is 20.8 Å². The maximum atomic E-state index is 12.8. The van der Waals surface area contributed by atoms with E-state index < -0.39 is 17.4 Å². The van der Waals surface area contributed by atoms with Gasteiger partial charge in [-0.2, -0.15) is 0 Å². The second kappa shape index (κ2) is 8.31. The Morgan fingerprint density at radius 1 is 1.37 bits per heavy atom. The van der Waals surface area contributed by atoms with Crippen molar-refractivity contribution in [2.45, 2.75) is 64.7 Å². The number of methoxy groups -OCH3 is 1. The topological polar surface area (TPSA) is 57.2 Å². The smallest absolute Gasteiger partial charge is 0.413 e. The van der Waals surface area contributed by atoms with Gasteiger partial charge in [0.05, 0.1) is 32.5 Å². The van der Waals surface area contributed by atoms with Crippen molar-refractivity contribution in [1.82, 2.24) is 4.90 Å². The third kappa shape index (κ3) is 5.47. The minimum atomic E-state index is -0.780. The molecule has 0 spiro atoms. The molecule has 150 valence electrons. The van der Waals surface area contributed by atoms with Crippen molar-refractivity contribution in [2.24, 2.45) is 0 Å². The maximum Gasteiger partial charge on any atom is 0.413 e. The van der Waals surface area contributed by atoms with Gasteiger partial charge >= 0.3 is 6.09 Å². The molecule has 0 saturated carbocycles. The van der Waals surface area contributed by atoms with Crippen molar-refractivity contribution in [1.29, 1.82) is 0 Å². The highest BCUT2D eigenvalue weighted by atomic mass is 16.6. The Labute approximate surface area is 162 Å². The molecule has 1 aliphatic rings. The van der Waals surface area contributed by atoms with Gasteiger partial charge in [0, 0.05) is 0 Å². The highest BCUT2D eigenvalue weighted by Gasteiger charge is 2.48. The van der Waals surface area contributed by atoms with Crippen molar-refractivity contribution in [3.8, 4) is 5.75 Å². The lowest BCUT2D eigenvalue weighted by atomic mass is 10.1. The molecule has 1 amide bonds. The highest BCUT2D eigenvalue weighted by molar-refractivity contribution is 5.70. The highest BCUT2D eigenvalue weighted by Crippen LogP contribution is 2.32. The van der Waals surface area contributed by atoms with E-state index in [0.717, 1.165) is 11.3 Å². The van der Waals surface area contributed by atoms with Crippen molar-refractivity contribution in [2.75, 3.05) is 13.7 Å². The molecular formula is C21H31NO5. The number of ether oxygens (including phenoxy) is 4. The fraction of sp³-hybridized carbons (Fsp3) is 0.571. The SMILES string of the molecule is C=C[C@@H](OCc1ccc(OC)cc1)[C@@H]1COC(C)(C)N1C(=O)OC(C)(C)C. The van der Waals surface area contributed by atoms with E-state index in [9.17, 15) is 4.79 Å². The molecule has 0 aliphatic carbocycles. The molecule has 1 heterocycles. The van der Waals surface area contributed by atoms with Gasteiger partial charge in [0.15, 0.2) is 0 Å². The third-order valence-corrected chi connectivity index (χ3v) is 4.32. The summed E-state index contributed by atoms with van der Waals surface area (Å²) in [6.45, 7) is 13.8. The molecule has 6 heteroatoms. The second-order valence-corrected chi connectivity index (χ2v) is 8.03. The summed E-state index contributed by atoms with van der Waals surface area (Å²) in [5.74, 6) is 0.793. The van der Waals surface area contributed by atoms with Crippen molar-refractivity contribution < 1.29 is 23.7 Å². The van der Waals surface area contributed by atoms with Crippen LogP contribution >= 0.6 is 0 Å². The van der Waals surface area contributed by atoms with Gasteiger partial charge < -0.3 is 18.9 Å².